The van der Waals surface area contributed by atoms with Gasteiger partial charge in [-0.25, -0.2) is 4.79 Å². The first-order valence-corrected chi connectivity index (χ1v) is 10.9. The van der Waals surface area contributed by atoms with Crippen molar-refractivity contribution >= 4 is 11.8 Å². The van der Waals surface area contributed by atoms with Crippen molar-refractivity contribution < 1.29 is 28.5 Å². The Morgan fingerprint density at radius 3 is 2.45 bits per heavy atom. The van der Waals surface area contributed by atoms with E-state index in [1.165, 1.54) is 7.11 Å². The topological polar surface area (TPSA) is 83.1 Å². The summed E-state index contributed by atoms with van der Waals surface area (Å²) in [6.45, 7) is 2.00. The summed E-state index contributed by atoms with van der Waals surface area (Å²) in [6.07, 6.45) is 1.03. The molecule has 7 heteroatoms. The van der Waals surface area contributed by atoms with E-state index in [0.29, 0.717) is 41.2 Å². The molecule has 2 aliphatic heterocycles. The van der Waals surface area contributed by atoms with E-state index in [9.17, 15) is 9.59 Å². The molecule has 0 unspecified atom stereocenters. The standard InChI is InChI=1S/C26H25NO6/c1-14-23(26(29)31-3)24(16-6-9-21-22(12-16)33-13-32-21)25-19(27-14)10-17(11-20(25)28)15-4-7-18(30-2)8-5-15/h4-9,12,17,24,27H,10-11,13H2,1-3H3/t17-,24-/m1/s1. The predicted octanol–water partition coefficient (Wildman–Crippen LogP) is 3.96. The number of hydrogen-bond donors (Lipinski definition) is 1. The first-order chi connectivity index (χ1) is 16.0. The van der Waals surface area contributed by atoms with E-state index in [-0.39, 0.29) is 18.5 Å². The number of dihydropyridines is 1. The summed E-state index contributed by atoms with van der Waals surface area (Å²) in [7, 11) is 2.98. The van der Waals surface area contributed by atoms with E-state index in [0.717, 1.165) is 22.6 Å². The zero-order valence-corrected chi connectivity index (χ0v) is 18.8. The molecule has 2 aromatic rings. The fraction of sp³-hybridized carbons (Fsp3) is 0.308. The molecule has 0 aromatic heterocycles. The van der Waals surface area contributed by atoms with Crippen LogP contribution in [0.5, 0.6) is 17.2 Å². The number of fused-ring (bicyclic) bond motifs is 1. The van der Waals surface area contributed by atoms with Gasteiger partial charge in [-0.2, -0.15) is 0 Å². The molecule has 0 amide bonds. The first kappa shape index (κ1) is 21.1. The van der Waals surface area contributed by atoms with Crippen molar-refractivity contribution in [3.63, 3.8) is 0 Å². The lowest BCUT2D eigenvalue weighted by Gasteiger charge is -2.36. The summed E-state index contributed by atoms with van der Waals surface area (Å²) in [6, 6.07) is 13.4. The van der Waals surface area contributed by atoms with Crippen LogP contribution in [0.4, 0.5) is 0 Å². The Kier molecular flexibility index (Phi) is 5.32. The summed E-state index contributed by atoms with van der Waals surface area (Å²) < 4.78 is 21.3. The third kappa shape index (κ3) is 3.63. The van der Waals surface area contributed by atoms with E-state index in [1.54, 1.807) is 7.11 Å². The highest BCUT2D eigenvalue weighted by Gasteiger charge is 2.41. The lowest BCUT2D eigenvalue weighted by molar-refractivity contribution is -0.136. The molecular formula is C26H25NO6. The number of ketones is 1. The maximum Gasteiger partial charge on any atom is 0.336 e. The maximum absolute atomic E-state index is 13.6. The van der Waals surface area contributed by atoms with Gasteiger partial charge >= 0.3 is 5.97 Å². The van der Waals surface area contributed by atoms with Crippen molar-refractivity contribution in [2.45, 2.75) is 31.6 Å². The third-order valence-corrected chi connectivity index (χ3v) is 6.55. The zero-order chi connectivity index (χ0) is 23.1. The van der Waals surface area contributed by atoms with E-state index >= 15 is 0 Å². The fourth-order valence-electron chi connectivity index (χ4n) is 4.96. The number of hydrogen-bond acceptors (Lipinski definition) is 7. The summed E-state index contributed by atoms with van der Waals surface area (Å²) >= 11 is 0. The molecule has 0 radical (unpaired) electrons. The average molecular weight is 447 g/mol. The number of nitrogens with one attached hydrogen (secondary N) is 1. The van der Waals surface area contributed by atoms with Crippen molar-refractivity contribution in [3.8, 4) is 17.2 Å². The quantitative estimate of drug-likeness (QED) is 0.711. The van der Waals surface area contributed by atoms with Gasteiger partial charge in [-0.3, -0.25) is 4.79 Å². The normalized spacial score (nSPS) is 21.5. The van der Waals surface area contributed by atoms with Crippen LogP contribution >= 0.6 is 0 Å². The SMILES string of the molecule is COC(=O)C1=C(C)NC2=C(C(=O)C[C@H](c3ccc(OC)cc3)C2)[C@@H]1c1ccc2c(c1)OCO2. The van der Waals surface area contributed by atoms with Crippen LogP contribution in [0.15, 0.2) is 65.0 Å². The minimum absolute atomic E-state index is 0.0149. The first-order valence-electron chi connectivity index (χ1n) is 10.9. The molecule has 7 nitrogen and oxygen atoms in total. The Morgan fingerprint density at radius 1 is 1.00 bits per heavy atom. The fourth-order valence-corrected chi connectivity index (χ4v) is 4.96. The van der Waals surface area contributed by atoms with Gasteiger partial charge in [0, 0.05) is 29.3 Å². The Balaban J connectivity index is 1.57. The van der Waals surface area contributed by atoms with Gasteiger partial charge in [0.05, 0.1) is 19.8 Å². The molecule has 2 aromatic carbocycles. The third-order valence-electron chi connectivity index (χ3n) is 6.55. The van der Waals surface area contributed by atoms with E-state index < -0.39 is 11.9 Å². The molecule has 0 spiro atoms. The van der Waals surface area contributed by atoms with Crippen LogP contribution in [-0.2, 0) is 14.3 Å². The van der Waals surface area contributed by atoms with Gasteiger partial charge in [0.1, 0.15) is 5.75 Å². The number of rotatable bonds is 4. The van der Waals surface area contributed by atoms with Crippen molar-refractivity contribution in [1.29, 1.82) is 0 Å². The molecule has 170 valence electrons. The molecule has 1 N–H and O–H groups in total. The Labute approximate surface area is 192 Å². The number of ether oxygens (including phenoxy) is 4. The number of esters is 1. The van der Waals surface area contributed by atoms with Gasteiger partial charge in [0.15, 0.2) is 17.3 Å². The van der Waals surface area contributed by atoms with Gasteiger partial charge in [0.2, 0.25) is 6.79 Å². The number of carbonyl (C=O) groups excluding carboxylic acids is 2. The van der Waals surface area contributed by atoms with E-state index in [4.69, 9.17) is 18.9 Å². The summed E-state index contributed by atoms with van der Waals surface area (Å²) in [5, 5.41) is 3.35. The average Bonchev–Trinajstić information content (AvgIpc) is 3.30. The minimum Gasteiger partial charge on any atom is -0.497 e. The molecule has 1 aliphatic carbocycles. The van der Waals surface area contributed by atoms with Crippen LogP contribution < -0.4 is 19.5 Å². The molecule has 2 atom stereocenters. The Morgan fingerprint density at radius 2 is 1.73 bits per heavy atom. The van der Waals surface area contributed by atoms with Crippen molar-refractivity contribution in [1.82, 2.24) is 5.32 Å². The van der Waals surface area contributed by atoms with Crippen LogP contribution in [0.2, 0.25) is 0 Å². The molecule has 0 bridgehead atoms. The summed E-state index contributed by atoms with van der Waals surface area (Å²) in [4.78, 5) is 26.4. The van der Waals surface area contributed by atoms with Gasteiger partial charge < -0.3 is 24.3 Å². The molecule has 2 heterocycles. The Bertz CT molecular complexity index is 1190. The van der Waals surface area contributed by atoms with Crippen LogP contribution in [-0.4, -0.2) is 32.8 Å². The monoisotopic (exact) mass is 447 g/mol. The van der Waals surface area contributed by atoms with Gasteiger partial charge in [0.25, 0.3) is 0 Å². The van der Waals surface area contributed by atoms with E-state index in [1.807, 2.05) is 49.4 Å². The number of benzene rings is 2. The van der Waals surface area contributed by atoms with Crippen molar-refractivity contribution in [2.75, 3.05) is 21.0 Å². The Hall–Kier alpha value is -3.74. The molecule has 0 saturated heterocycles. The molecular weight excluding hydrogens is 422 g/mol. The van der Waals surface area contributed by atoms with Gasteiger partial charge in [-0.1, -0.05) is 18.2 Å². The predicted molar refractivity (Wildman–Crippen MR) is 120 cm³/mol. The van der Waals surface area contributed by atoms with Crippen LogP contribution in [0, 0.1) is 0 Å². The lowest BCUT2D eigenvalue weighted by atomic mass is 9.71. The minimum atomic E-state index is -0.535. The number of methoxy groups -OCH3 is 2. The largest absolute Gasteiger partial charge is 0.497 e. The number of allylic oxidation sites excluding steroid dienone is 3. The number of carbonyl (C=O) groups is 2. The molecule has 3 aliphatic rings. The van der Waals surface area contributed by atoms with Crippen LogP contribution in [0.25, 0.3) is 0 Å². The second-order valence-electron chi connectivity index (χ2n) is 8.39. The smallest absolute Gasteiger partial charge is 0.336 e. The van der Waals surface area contributed by atoms with Crippen molar-refractivity contribution in [3.05, 3.63) is 76.1 Å². The van der Waals surface area contributed by atoms with Gasteiger partial charge in [-0.15, -0.1) is 0 Å². The molecule has 5 rings (SSSR count). The highest BCUT2D eigenvalue weighted by atomic mass is 16.7. The molecule has 0 fully saturated rings. The lowest BCUT2D eigenvalue weighted by Crippen LogP contribution is -2.36. The van der Waals surface area contributed by atoms with Crippen molar-refractivity contribution in [2.24, 2.45) is 0 Å². The van der Waals surface area contributed by atoms with Crippen LogP contribution in [0.1, 0.15) is 42.7 Å². The molecule has 0 saturated carbocycles. The summed E-state index contributed by atoms with van der Waals surface area (Å²) in [5.41, 5.74) is 4.46. The van der Waals surface area contributed by atoms with Crippen LogP contribution in [0.3, 0.4) is 0 Å². The molecule has 33 heavy (non-hydrogen) atoms. The maximum atomic E-state index is 13.6. The second kappa shape index (κ2) is 8.31. The van der Waals surface area contributed by atoms with Gasteiger partial charge in [-0.05, 0) is 54.7 Å². The highest BCUT2D eigenvalue weighted by Crippen LogP contribution is 2.47. The van der Waals surface area contributed by atoms with E-state index in [2.05, 4.69) is 5.32 Å². The number of Topliss-reactive ketones (excluding diaryl/α,β-unsaturated/α-hetero) is 1. The highest BCUT2D eigenvalue weighted by molar-refractivity contribution is 6.04. The summed E-state index contributed by atoms with van der Waals surface area (Å²) in [5.74, 6) is 1.10. The zero-order valence-electron chi connectivity index (χ0n) is 18.8. The second-order valence-corrected chi connectivity index (χ2v) is 8.39.